The smallest absolute Gasteiger partial charge is 0.336 e. The van der Waals surface area contributed by atoms with Crippen LogP contribution in [0.25, 0.3) is 5.70 Å². The van der Waals surface area contributed by atoms with Crippen LogP contribution in [0.5, 0.6) is 5.75 Å². The lowest BCUT2D eigenvalue weighted by Crippen LogP contribution is -2.29. The monoisotopic (exact) mass is 386 g/mol. The number of nitriles is 1. The zero-order valence-electron chi connectivity index (χ0n) is 16.0. The van der Waals surface area contributed by atoms with Gasteiger partial charge in [0.1, 0.15) is 11.8 Å². The Morgan fingerprint density at radius 3 is 2.55 bits per heavy atom. The van der Waals surface area contributed by atoms with Gasteiger partial charge >= 0.3 is 5.97 Å². The van der Waals surface area contributed by atoms with E-state index >= 15 is 0 Å². The van der Waals surface area contributed by atoms with Gasteiger partial charge in [0.2, 0.25) is 0 Å². The number of rotatable bonds is 4. The van der Waals surface area contributed by atoms with Crippen LogP contribution in [0.4, 0.5) is 0 Å². The van der Waals surface area contributed by atoms with Gasteiger partial charge in [0.05, 0.1) is 24.3 Å². The Hall–Kier alpha value is -3.85. The highest BCUT2D eigenvalue weighted by Crippen LogP contribution is 2.48. The van der Waals surface area contributed by atoms with Crippen LogP contribution in [0.2, 0.25) is 0 Å². The maximum Gasteiger partial charge on any atom is 0.336 e. The second-order valence-corrected chi connectivity index (χ2v) is 6.74. The molecule has 144 valence electrons. The highest BCUT2D eigenvalue weighted by molar-refractivity contribution is 6.23. The van der Waals surface area contributed by atoms with E-state index in [2.05, 4.69) is 5.32 Å². The van der Waals surface area contributed by atoms with Crippen LogP contribution in [-0.4, -0.2) is 25.5 Å². The number of methoxy groups -OCH3 is 1. The molecule has 0 saturated heterocycles. The van der Waals surface area contributed by atoms with Crippen molar-refractivity contribution < 1.29 is 19.1 Å². The number of allylic oxidation sites excluding steroid dienone is 2. The maximum atomic E-state index is 13.3. The minimum absolute atomic E-state index is 0.141. The Kier molecular flexibility index (Phi) is 4.65. The summed E-state index contributed by atoms with van der Waals surface area (Å²) in [5, 5.41) is 12.2. The molecular formula is C23H18N2O4. The van der Waals surface area contributed by atoms with E-state index < -0.39 is 11.9 Å². The van der Waals surface area contributed by atoms with Crippen LogP contribution >= 0.6 is 0 Å². The number of hydrogen-bond acceptors (Lipinski definition) is 6. The molecule has 1 unspecified atom stereocenters. The van der Waals surface area contributed by atoms with E-state index in [1.54, 1.807) is 31.2 Å². The summed E-state index contributed by atoms with van der Waals surface area (Å²) in [4.78, 5) is 26.0. The third kappa shape index (κ3) is 2.88. The van der Waals surface area contributed by atoms with Crippen molar-refractivity contribution in [2.45, 2.75) is 12.8 Å². The predicted octanol–water partition coefficient (Wildman–Crippen LogP) is 3.33. The first-order chi connectivity index (χ1) is 14.1. The summed E-state index contributed by atoms with van der Waals surface area (Å²) < 4.78 is 10.6. The Morgan fingerprint density at radius 1 is 1.14 bits per heavy atom. The number of carbonyl (C=O) groups is 2. The molecular weight excluding hydrogens is 368 g/mol. The van der Waals surface area contributed by atoms with E-state index in [-0.39, 0.29) is 12.4 Å². The average Bonchev–Trinajstić information content (AvgIpc) is 3.03. The second-order valence-electron chi connectivity index (χ2n) is 6.74. The van der Waals surface area contributed by atoms with Crippen LogP contribution in [0.15, 0.2) is 65.4 Å². The summed E-state index contributed by atoms with van der Waals surface area (Å²) in [6.07, 6.45) is 0. The molecule has 0 radical (unpaired) electrons. The lowest BCUT2D eigenvalue weighted by atomic mass is 9.79. The van der Waals surface area contributed by atoms with Gasteiger partial charge in [-0.3, -0.25) is 4.79 Å². The van der Waals surface area contributed by atoms with E-state index in [1.165, 1.54) is 7.11 Å². The summed E-state index contributed by atoms with van der Waals surface area (Å²) in [5.41, 5.74) is 4.15. The molecule has 6 heteroatoms. The topological polar surface area (TPSA) is 88.4 Å². The van der Waals surface area contributed by atoms with Crippen molar-refractivity contribution in [2.75, 3.05) is 13.7 Å². The molecule has 2 aromatic carbocycles. The standard InChI is InChI=1S/C23H18N2O4/c1-13-18(23(27)28-2)19(16-9-5-6-10-17(16)29-12-11-24)20-21(25-13)14-7-3-4-8-15(14)22(20)26/h3-10,19,25H,12H2,1-2H3. The maximum absolute atomic E-state index is 13.3. The Labute approximate surface area is 168 Å². The van der Waals surface area contributed by atoms with E-state index in [4.69, 9.17) is 14.7 Å². The van der Waals surface area contributed by atoms with Gasteiger partial charge in [-0.05, 0) is 13.0 Å². The van der Waals surface area contributed by atoms with Gasteiger partial charge < -0.3 is 14.8 Å². The number of nitrogens with zero attached hydrogens (tertiary/aromatic N) is 1. The van der Waals surface area contributed by atoms with Gasteiger partial charge in [-0.2, -0.15) is 5.26 Å². The third-order valence-electron chi connectivity index (χ3n) is 5.18. The number of nitrogens with one attached hydrogen (secondary N) is 1. The number of ketones is 1. The molecule has 1 heterocycles. The fourth-order valence-electron chi connectivity index (χ4n) is 3.98. The molecule has 1 aliphatic carbocycles. The molecule has 6 nitrogen and oxygen atoms in total. The third-order valence-corrected chi connectivity index (χ3v) is 5.18. The molecule has 1 N–H and O–H groups in total. The normalized spacial score (nSPS) is 17.3. The second kappa shape index (κ2) is 7.28. The van der Waals surface area contributed by atoms with Crippen molar-refractivity contribution >= 4 is 17.4 Å². The molecule has 1 aliphatic heterocycles. The number of dihydropyridines is 1. The minimum Gasteiger partial charge on any atom is -0.478 e. The van der Waals surface area contributed by atoms with Crippen molar-refractivity contribution in [2.24, 2.45) is 0 Å². The fraction of sp³-hybridized carbons (Fsp3) is 0.174. The number of hydrogen-bond donors (Lipinski definition) is 1. The van der Waals surface area contributed by atoms with Gasteiger partial charge in [0.25, 0.3) is 0 Å². The average molecular weight is 386 g/mol. The van der Waals surface area contributed by atoms with Crippen molar-refractivity contribution in [3.63, 3.8) is 0 Å². The summed E-state index contributed by atoms with van der Waals surface area (Å²) in [5.74, 6) is -0.887. The van der Waals surface area contributed by atoms with Gasteiger partial charge in [0.15, 0.2) is 12.4 Å². The molecule has 0 aromatic heterocycles. The molecule has 0 saturated carbocycles. The molecule has 2 aliphatic rings. The predicted molar refractivity (Wildman–Crippen MR) is 106 cm³/mol. The number of para-hydroxylation sites is 1. The summed E-state index contributed by atoms with van der Waals surface area (Å²) in [6, 6.07) is 16.4. The lowest BCUT2D eigenvalue weighted by molar-refractivity contribution is -0.136. The number of carbonyl (C=O) groups excluding carboxylic acids is 2. The summed E-state index contributed by atoms with van der Waals surface area (Å²) >= 11 is 0. The Morgan fingerprint density at radius 2 is 1.83 bits per heavy atom. The Balaban J connectivity index is 1.95. The SMILES string of the molecule is COC(=O)C1=C(C)NC2=C(C(=O)c3ccccc32)C1c1ccccc1OCC#N. The summed E-state index contributed by atoms with van der Waals surface area (Å²) in [7, 11) is 1.31. The number of ether oxygens (including phenoxy) is 2. The first kappa shape index (κ1) is 18.5. The molecule has 4 rings (SSSR count). The van der Waals surface area contributed by atoms with Crippen LogP contribution in [0, 0.1) is 11.3 Å². The zero-order valence-corrected chi connectivity index (χ0v) is 16.0. The van der Waals surface area contributed by atoms with E-state index in [9.17, 15) is 9.59 Å². The zero-order chi connectivity index (χ0) is 20.5. The van der Waals surface area contributed by atoms with Crippen LogP contribution in [0.1, 0.15) is 34.3 Å². The van der Waals surface area contributed by atoms with Crippen molar-refractivity contribution in [3.05, 3.63) is 82.1 Å². The fourth-order valence-corrected chi connectivity index (χ4v) is 3.98. The highest BCUT2D eigenvalue weighted by Gasteiger charge is 2.43. The number of esters is 1. The van der Waals surface area contributed by atoms with E-state index in [0.717, 1.165) is 5.56 Å². The van der Waals surface area contributed by atoms with E-state index in [1.807, 2.05) is 30.3 Å². The largest absolute Gasteiger partial charge is 0.478 e. The molecule has 29 heavy (non-hydrogen) atoms. The molecule has 1 atom stereocenters. The highest BCUT2D eigenvalue weighted by atomic mass is 16.5. The molecule has 2 aromatic rings. The first-order valence-corrected chi connectivity index (χ1v) is 9.11. The van der Waals surface area contributed by atoms with Crippen molar-refractivity contribution in [1.29, 1.82) is 5.26 Å². The number of fused-ring (bicyclic) bond motifs is 2. The molecule has 0 bridgehead atoms. The quantitative estimate of drug-likeness (QED) is 0.811. The van der Waals surface area contributed by atoms with Crippen molar-refractivity contribution in [1.82, 2.24) is 5.32 Å². The Bertz CT molecular complexity index is 1140. The summed E-state index contributed by atoms with van der Waals surface area (Å²) in [6.45, 7) is 1.64. The van der Waals surface area contributed by atoms with Crippen LogP contribution in [0.3, 0.4) is 0 Å². The molecule has 0 amide bonds. The first-order valence-electron chi connectivity index (χ1n) is 9.11. The van der Waals surface area contributed by atoms with Crippen molar-refractivity contribution in [3.8, 4) is 11.8 Å². The van der Waals surface area contributed by atoms with Gasteiger partial charge in [-0.25, -0.2) is 4.79 Å². The van der Waals surface area contributed by atoms with E-state index in [0.29, 0.717) is 39.4 Å². The van der Waals surface area contributed by atoms with Gasteiger partial charge in [-0.1, -0.05) is 42.5 Å². The van der Waals surface area contributed by atoms with Gasteiger partial charge in [-0.15, -0.1) is 0 Å². The van der Waals surface area contributed by atoms with Crippen LogP contribution in [-0.2, 0) is 9.53 Å². The minimum atomic E-state index is -0.673. The number of Topliss-reactive ketones (excluding diaryl/α,β-unsaturated/α-hetero) is 1. The van der Waals surface area contributed by atoms with Gasteiger partial charge in [0, 0.05) is 28.0 Å². The molecule has 0 spiro atoms. The number of benzene rings is 2. The lowest BCUT2D eigenvalue weighted by Gasteiger charge is -2.29. The van der Waals surface area contributed by atoms with Crippen LogP contribution < -0.4 is 10.1 Å². The molecule has 0 fully saturated rings.